The number of anilines is 1. The highest BCUT2D eigenvalue weighted by molar-refractivity contribution is 7.99. The van der Waals surface area contributed by atoms with Crippen molar-refractivity contribution in [2.45, 2.75) is 19.0 Å². The minimum Gasteiger partial charge on any atom is -0.497 e. The second-order valence-corrected chi connectivity index (χ2v) is 7.11. The van der Waals surface area contributed by atoms with Gasteiger partial charge in [0, 0.05) is 17.3 Å². The van der Waals surface area contributed by atoms with Gasteiger partial charge in [-0.1, -0.05) is 30.0 Å². The van der Waals surface area contributed by atoms with E-state index in [1.165, 1.54) is 11.8 Å². The predicted molar refractivity (Wildman–Crippen MR) is 110 cm³/mol. The topological polar surface area (TPSA) is 89.1 Å². The van der Waals surface area contributed by atoms with Crippen molar-refractivity contribution in [1.29, 1.82) is 0 Å². The fourth-order valence-electron chi connectivity index (χ4n) is 2.70. The highest BCUT2D eigenvalue weighted by Crippen LogP contribution is 2.29. The number of H-pyrrole nitrogens is 1. The minimum absolute atomic E-state index is 0.100. The largest absolute Gasteiger partial charge is 0.497 e. The van der Waals surface area contributed by atoms with E-state index in [1.54, 1.807) is 20.3 Å². The molecule has 2 N–H and O–H groups in total. The van der Waals surface area contributed by atoms with Gasteiger partial charge in [0.15, 0.2) is 5.82 Å². The van der Waals surface area contributed by atoms with Crippen LogP contribution in [0.2, 0.25) is 0 Å². The van der Waals surface area contributed by atoms with E-state index in [-0.39, 0.29) is 11.7 Å². The number of carbonyl (C=O) groups excluding carboxylic acids is 1. The Morgan fingerprint density at radius 2 is 1.75 bits per heavy atom. The smallest absolute Gasteiger partial charge is 0.234 e. The van der Waals surface area contributed by atoms with Gasteiger partial charge >= 0.3 is 0 Å². The monoisotopic (exact) mass is 398 g/mol. The molecule has 0 spiro atoms. The molecule has 0 aliphatic rings. The van der Waals surface area contributed by atoms with Crippen molar-refractivity contribution < 1.29 is 14.3 Å². The van der Waals surface area contributed by atoms with E-state index in [9.17, 15) is 4.79 Å². The molecule has 3 aromatic rings. The fraction of sp³-hybridized carbons (Fsp3) is 0.250. The summed E-state index contributed by atoms with van der Waals surface area (Å²) in [4.78, 5) is 16.8. The maximum atomic E-state index is 12.3. The number of nitrogens with one attached hydrogen (secondary N) is 2. The third-order valence-electron chi connectivity index (χ3n) is 4.17. The highest BCUT2D eigenvalue weighted by Gasteiger charge is 2.12. The molecule has 1 aromatic heterocycles. The van der Waals surface area contributed by atoms with Crippen molar-refractivity contribution in [2.75, 3.05) is 25.3 Å². The van der Waals surface area contributed by atoms with Crippen LogP contribution in [0.25, 0.3) is 11.4 Å². The zero-order valence-electron chi connectivity index (χ0n) is 16.2. The molecule has 0 bridgehead atoms. The summed E-state index contributed by atoms with van der Waals surface area (Å²) in [6.07, 6.45) is 0. The average Bonchev–Trinajstić information content (AvgIpc) is 3.18. The van der Waals surface area contributed by atoms with Gasteiger partial charge in [0.05, 0.1) is 20.0 Å². The maximum absolute atomic E-state index is 12.3. The normalized spacial score (nSPS) is 10.6. The minimum atomic E-state index is -0.100. The van der Waals surface area contributed by atoms with Crippen molar-refractivity contribution in [1.82, 2.24) is 15.2 Å². The standard InChI is InChI=1S/C20H22N4O3S/c1-12-6-5-7-13(2)18(12)21-17(25)11-28-20-22-19(23-24-20)14-8-15(26-3)10-16(9-14)27-4/h5-10H,11H2,1-4H3,(H,21,25)(H,22,23,24). The second kappa shape index (κ2) is 8.79. The van der Waals surface area contributed by atoms with E-state index in [0.29, 0.717) is 22.5 Å². The zero-order chi connectivity index (χ0) is 20.1. The molecule has 8 heteroatoms. The number of carbonyl (C=O) groups is 1. The molecule has 2 aromatic carbocycles. The number of ether oxygens (including phenoxy) is 2. The Balaban J connectivity index is 1.66. The molecule has 0 aliphatic heterocycles. The van der Waals surface area contributed by atoms with Gasteiger partial charge in [-0.25, -0.2) is 4.98 Å². The van der Waals surface area contributed by atoms with E-state index in [0.717, 1.165) is 22.4 Å². The number of aromatic amines is 1. The van der Waals surface area contributed by atoms with E-state index in [2.05, 4.69) is 20.5 Å². The molecule has 0 fully saturated rings. The third-order valence-corrected chi connectivity index (χ3v) is 5.01. The molecular formula is C20H22N4O3S. The summed E-state index contributed by atoms with van der Waals surface area (Å²) in [7, 11) is 3.18. The Hall–Kier alpha value is -3.00. The number of amides is 1. The van der Waals surface area contributed by atoms with Gasteiger partial charge in [-0.05, 0) is 37.1 Å². The molecule has 7 nitrogen and oxygen atoms in total. The van der Waals surface area contributed by atoms with Crippen molar-refractivity contribution in [3.8, 4) is 22.9 Å². The summed E-state index contributed by atoms with van der Waals surface area (Å²) in [5.41, 5.74) is 3.71. The molecule has 0 saturated heterocycles. The lowest BCUT2D eigenvalue weighted by molar-refractivity contribution is -0.113. The Morgan fingerprint density at radius 1 is 1.11 bits per heavy atom. The van der Waals surface area contributed by atoms with Crippen LogP contribution in [0, 0.1) is 13.8 Å². The predicted octanol–water partition coefficient (Wildman–Crippen LogP) is 3.84. The Morgan fingerprint density at radius 3 is 2.36 bits per heavy atom. The number of benzene rings is 2. The van der Waals surface area contributed by atoms with Crippen molar-refractivity contribution in [2.24, 2.45) is 0 Å². The van der Waals surface area contributed by atoms with Crippen LogP contribution in [0.3, 0.4) is 0 Å². The average molecular weight is 398 g/mol. The van der Waals surface area contributed by atoms with Gasteiger partial charge in [0.25, 0.3) is 0 Å². The highest BCUT2D eigenvalue weighted by atomic mass is 32.2. The quantitative estimate of drug-likeness (QED) is 0.588. The lowest BCUT2D eigenvalue weighted by atomic mass is 10.1. The Bertz CT molecular complexity index is 945. The zero-order valence-corrected chi connectivity index (χ0v) is 17.0. The second-order valence-electron chi connectivity index (χ2n) is 6.17. The van der Waals surface area contributed by atoms with Crippen molar-refractivity contribution in [3.63, 3.8) is 0 Å². The van der Waals surface area contributed by atoms with Crippen LogP contribution in [0.4, 0.5) is 5.69 Å². The number of hydrogen-bond donors (Lipinski definition) is 2. The van der Waals surface area contributed by atoms with Gasteiger partial charge in [-0.2, -0.15) is 0 Å². The van der Waals surface area contributed by atoms with Crippen LogP contribution in [0.15, 0.2) is 41.6 Å². The summed E-state index contributed by atoms with van der Waals surface area (Å²) < 4.78 is 10.6. The Kier molecular flexibility index (Phi) is 6.20. The third kappa shape index (κ3) is 4.64. The van der Waals surface area contributed by atoms with E-state index >= 15 is 0 Å². The van der Waals surface area contributed by atoms with Crippen LogP contribution >= 0.6 is 11.8 Å². The van der Waals surface area contributed by atoms with Crippen molar-refractivity contribution >= 4 is 23.4 Å². The molecule has 1 heterocycles. The van der Waals surface area contributed by atoms with Crippen LogP contribution < -0.4 is 14.8 Å². The number of methoxy groups -OCH3 is 2. The summed E-state index contributed by atoms with van der Waals surface area (Å²) in [5, 5.41) is 10.5. The number of aromatic nitrogens is 3. The maximum Gasteiger partial charge on any atom is 0.234 e. The summed E-state index contributed by atoms with van der Waals surface area (Å²) in [5.74, 6) is 2.01. The first-order valence-corrected chi connectivity index (χ1v) is 9.63. The van der Waals surface area contributed by atoms with Crippen LogP contribution in [-0.4, -0.2) is 41.1 Å². The van der Waals surface area contributed by atoms with Crippen LogP contribution in [-0.2, 0) is 4.79 Å². The van der Waals surface area contributed by atoms with Gasteiger partial charge in [-0.15, -0.1) is 5.10 Å². The van der Waals surface area contributed by atoms with Gasteiger partial charge in [0.1, 0.15) is 11.5 Å². The van der Waals surface area contributed by atoms with Crippen LogP contribution in [0.5, 0.6) is 11.5 Å². The summed E-state index contributed by atoms with van der Waals surface area (Å²) in [6.45, 7) is 3.94. The number of para-hydroxylation sites is 1. The Labute approximate surface area is 167 Å². The van der Waals surface area contributed by atoms with E-state index in [4.69, 9.17) is 9.47 Å². The number of hydrogen-bond acceptors (Lipinski definition) is 6. The molecule has 3 rings (SSSR count). The van der Waals surface area contributed by atoms with Gasteiger partial charge in [-0.3, -0.25) is 9.89 Å². The van der Waals surface area contributed by atoms with Crippen LogP contribution in [0.1, 0.15) is 11.1 Å². The lowest BCUT2D eigenvalue weighted by Crippen LogP contribution is -2.15. The molecule has 0 atom stereocenters. The summed E-state index contributed by atoms with van der Waals surface area (Å²) in [6, 6.07) is 11.4. The first kappa shape index (κ1) is 19.8. The number of thioether (sulfide) groups is 1. The molecule has 0 radical (unpaired) electrons. The first-order chi connectivity index (χ1) is 13.5. The fourth-order valence-corrected chi connectivity index (χ4v) is 3.30. The number of nitrogens with zero attached hydrogens (tertiary/aromatic N) is 2. The first-order valence-electron chi connectivity index (χ1n) is 8.65. The number of aryl methyl sites for hydroxylation is 2. The number of rotatable bonds is 7. The molecule has 0 saturated carbocycles. The lowest BCUT2D eigenvalue weighted by Gasteiger charge is -2.10. The summed E-state index contributed by atoms with van der Waals surface area (Å²) >= 11 is 1.27. The molecule has 0 unspecified atom stereocenters. The SMILES string of the molecule is COc1cc(OC)cc(-c2nc(SCC(=O)Nc3c(C)cccc3C)n[nH]2)c1. The molecule has 28 heavy (non-hydrogen) atoms. The van der Waals surface area contributed by atoms with E-state index in [1.807, 2.05) is 44.2 Å². The van der Waals surface area contributed by atoms with Crippen molar-refractivity contribution in [3.05, 3.63) is 47.5 Å². The van der Waals surface area contributed by atoms with Gasteiger partial charge in [0.2, 0.25) is 11.1 Å². The molecule has 1 amide bonds. The molecule has 0 aliphatic carbocycles. The van der Waals surface area contributed by atoms with E-state index < -0.39 is 0 Å². The molecular weight excluding hydrogens is 376 g/mol. The molecule has 146 valence electrons. The van der Waals surface area contributed by atoms with Gasteiger partial charge < -0.3 is 14.8 Å².